The molecule has 1 aromatic heterocycles. The van der Waals surface area contributed by atoms with E-state index in [9.17, 15) is 9.59 Å². The van der Waals surface area contributed by atoms with E-state index in [1.165, 1.54) is 6.07 Å². The second-order valence-corrected chi connectivity index (χ2v) is 3.27. The van der Waals surface area contributed by atoms with Gasteiger partial charge in [0, 0.05) is 5.39 Å². The number of aromatic carboxylic acids is 1. The lowest BCUT2D eigenvalue weighted by Crippen LogP contribution is -2.13. The van der Waals surface area contributed by atoms with E-state index >= 15 is 0 Å². The van der Waals surface area contributed by atoms with E-state index in [1.54, 1.807) is 18.2 Å². The Balaban J connectivity index is 2.67. The van der Waals surface area contributed by atoms with Gasteiger partial charge in [-0.25, -0.2) is 4.79 Å². The van der Waals surface area contributed by atoms with Crippen molar-refractivity contribution in [3.63, 3.8) is 0 Å². The first-order valence-electron chi connectivity index (χ1n) is 4.62. The fourth-order valence-electron chi connectivity index (χ4n) is 1.50. The first kappa shape index (κ1) is 10.4. The maximum absolute atomic E-state index is 11.5. The molecule has 0 aliphatic rings. The number of fused-ring (bicyclic) bond motifs is 1. The molecule has 3 N–H and O–H groups in total. The highest BCUT2D eigenvalue weighted by atomic mass is 16.4. The molecule has 2 aromatic rings. The minimum atomic E-state index is -1.16. The molecule has 82 valence electrons. The van der Waals surface area contributed by atoms with Gasteiger partial charge in [0.2, 0.25) is 5.76 Å². The molecule has 0 atom stereocenters. The number of nitrogens with two attached hydrogens (primary N) is 1. The molecule has 0 amide bonds. The lowest BCUT2D eigenvalue weighted by molar-refractivity contribution is 0.0664. The van der Waals surface area contributed by atoms with Crippen LogP contribution in [0.3, 0.4) is 0 Å². The number of carbonyl (C=O) groups excluding carboxylic acids is 1. The highest BCUT2D eigenvalue weighted by Gasteiger charge is 2.15. The summed E-state index contributed by atoms with van der Waals surface area (Å²) < 4.78 is 5.11. The fourth-order valence-corrected chi connectivity index (χ4v) is 1.50. The summed E-state index contributed by atoms with van der Waals surface area (Å²) in [4.78, 5) is 22.2. The van der Waals surface area contributed by atoms with Gasteiger partial charge in [0.05, 0.1) is 12.1 Å². The molecule has 0 radical (unpaired) electrons. The van der Waals surface area contributed by atoms with Crippen LogP contribution < -0.4 is 5.73 Å². The number of para-hydroxylation sites is 1. The summed E-state index contributed by atoms with van der Waals surface area (Å²) in [5.74, 6) is -1.63. The summed E-state index contributed by atoms with van der Waals surface area (Å²) in [6.45, 7) is -0.137. The maximum Gasteiger partial charge on any atom is 0.371 e. The Kier molecular flexibility index (Phi) is 2.46. The third kappa shape index (κ3) is 1.57. The van der Waals surface area contributed by atoms with Crippen molar-refractivity contribution in [3.8, 4) is 0 Å². The number of hydrogen-bond acceptors (Lipinski definition) is 4. The van der Waals surface area contributed by atoms with Gasteiger partial charge in [-0.15, -0.1) is 0 Å². The van der Waals surface area contributed by atoms with Crippen LogP contribution in [0, 0.1) is 0 Å². The molecular weight excluding hydrogens is 210 g/mol. The lowest BCUT2D eigenvalue weighted by Gasteiger charge is -1.97. The average Bonchev–Trinajstić information content (AvgIpc) is 2.71. The third-order valence-corrected chi connectivity index (χ3v) is 2.24. The van der Waals surface area contributed by atoms with E-state index in [4.69, 9.17) is 15.3 Å². The zero-order chi connectivity index (χ0) is 11.7. The molecule has 0 saturated heterocycles. The molecule has 0 aliphatic heterocycles. The van der Waals surface area contributed by atoms with E-state index in [1.807, 2.05) is 0 Å². The number of benzene rings is 1. The van der Waals surface area contributed by atoms with E-state index in [2.05, 4.69) is 0 Å². The van der Waals surface area contributed by atoms with Crippen LogP contribution in [-0.2, 0) is 0 Å². The molecule has 0 saturated carbocycles. The highest BCUT2D eigenvalue weighted by molar-refractivity contribution is 6.08. The van der Waals surface area contributed by atoms with Crippen LogP contribution in [0.5, 0.6) is 0 Å². The second-order valence-electron chi connectivity index (χ2n) is 3.27. The summed E-state index contributed by atoms with van der Waals surface area (Å²) in [5.41, 5.74) is 5.84. The van der Waals surface area contributed by atoms with Gasteiger partial charge in [0.1, 0.15) is 5.58 Å². The molecule has 5 nitrogen and oxygen atoms in total. The monoisotopic (exact) mass is 219 g/mol. The largest absolute Gasteiger partial charge is 0.475 e. The number of carbonyl (C=O) groups is 2. The van der Waals surface area contributed by atoms with Gasteiger partial charge in [-0.1, -0.05) is 12.1 Å². The Bertz CT molecular complexity index is 570. The van der Waals surface area contributed by atoms with Crippen LogP contribution in [-0.4, -0.2) is 23.4 Å². The van der Waals surface area contributed by atoms with Crippen molar-refractivity contribution < 1.29 is 19.1 Å². The Morgan fingerprint density at radius 3 is 2.75 bits per heavy atom. The molecule has 0 spiro atoms. The summed E-state index contributed by atoms with van der Waals surface area (Å²) in [7, 11) is 0. The van der Waals surface area contributed by atoms with E-state index in [0.717, 1.165) is 0 Å². The Hall–Kier alpha value is -2.14. The highest BCUT2D eigenvalue weighted by Crippen LogP contribution is 2.23. The quantitative estimate of drug-likeness (QED) is 0.758. The van der Waals surface area contributed by atoms with E-state index < -0.39 is 5.97 Å². The molecule has 0 aliphatic carbocycles. The van der Waals surface area contributed by atoms with Gasteiger partial charge >= 0.3 is 5.97 Å². The summed E-state index contributed by atoms with van der Waals surface area (Å²) in [6, 6.07) is 6.28. The van der Waals surface area contributed by atoms with Crippen LogP contribution in [0.25, 0.3) is 11.0 Å². The summed E-state index contributed by atoms with van der Waals surface area (Å²) in [5, 5.41) is 9.35. The molecule has 5 heteroatoms. The predicted molar refractivity (Wildman–Crippen MR) is 56.6 cm³/mol. The molecule has 1 aromatic carbocycles. The molecule has 2 rings (SSSR count). The van der Waals surface area contributed by atoms with Crippen LogP contribution in [0.1, 0.15) is 20.9 Å². The topological polar surface area (TPSA) is 93.5 Å². The number of ketones is 1. The Labute approximate surface area is 90.5 Å². The Morgan fingerprint density at radius 1 is 1.38 bits per heavy atom. The zero-order valence-electron chi connectivity index (χ0n) is 8.27. The molecule has 0 fully saturated rings. The number of hydrogen-bond donors (Lipinski definition) is 2. The normalized spacial score (nSPS) is 10.6. The minimum absolute atomic E-state index is 0.137. The van der Waals surface area contributed by atoms with Crippen molar-refractivity contribution in [1.29, 1.82) is 0 Å². The van der Waals surface area contributed by atoms with Crippen molar-refractivity contribution in [2.75, 3.05) is 6.54 Å². The number of carboxylic acids is 1. The summed E-state index contributed by atoms with van der Waals surface area (Å²) >= 11 is 0. The van der Waals surface area contributed by atoms with Gasteiger partial charge in [0.25, 0.3) is 0 Å². The van der Waals surface area contributed by atoms with Crippen LogP contribution >= 0.6 is 0 Å². The van der Waals surface area contributed by atoms with Crippen LogP contribution in [0.4, 0.5) is 0 Å². The SMILES string of the molecule is NCC(=O)c1cccc2cc(C(=O)O)oc12. The molecular formula is C11H9NO4. The first-order chi connectivity index (χ1) is 7.63. The predicted octanol–water partition coefficient (Wildman–Crippen LogP) is 1.27. The van der Waals surface area contributed by atoms with Crippen molar-refractivity contribution in [1.82, 2.24) is 0 Å². The van der Waals surface area contributed by atoms with Gasteiger partial charge < -0.3 is 15.3 Å². The van der Waals surface area contributed by atoms with Gasteiger partial charge in [-0.3, -0.25) is 4.79 Å². The smallest absolute Gasteiger partial charge is 0.371 e. The van der Waals surface area contributed by atoms with Crippen molar-refractivity contribution in [2.45, 2.75) is 0 Å². The molecule has 1 heterocycles. The number of furan rings is 1. The average molecular weight is 219 g/mol. The van der Waals surface area contributed by atoms with Gasteiger partial charge in [0.15, 0.2) is 5.78 Å². The standard InChI is InChI=1S/C11H9NO4/c12-5-8(13)7-3-1-2-6-4-9(11(14)15)16-10(6)7/h1-4H,5,12H2,(H,14,15). The van der Waals surface area contributed by atoms with Crippen molar-refractivity contribution >= 4 is 22.7 Å². The lowest BCUT2D eigenvalue weighted by atomic mass is 10.1. The van der Waals surface area contributed by atoms with Crippen molar-refractivity contribution in [2.24, 2.45) is 5.73 Å². The van der Waals surface area contributed by atoms with Crippen LogP contribution in [0.2, 0.25) is 0 Å². The third-order valence-electron chi connectivity index (χ3n) is 2.24. The maximum atomic E-state index is 11.5. The molecule has 16 heavy (non-hydrogen) atoms. The number of rotatable bonds is 3. The molecule has 0 bridgehead atoms. The van der Waals surface area contributed by atoms with Crippen molar-refractivity contribution in [3.05, 3.63) is 35.6 Å². The Morgan fingerprint density at radius 2 is 2.12 bits per heavy atom. The van der Waals surface area contributed by atoms with Gasteiger partial charge in [-0.05, 0) is 12.1 Å². The number of carboxylic acid groups (broad SMARTS) is 1. The van der Waals surface area contributed by atoms with E-state index in [0.29, 0.717) is 10.9 Å². The van der Waals surface area contributed by atoms with Crippen LogP contribution in [0.15, 0.2) is 28.7 Å². The summed E-state index contributed by atoms with van der Waals surface area (Å²) in [6.07, 6.45) is 0. The zero-order valence-corrected chi connectivity index (χ0v) is 8.27. The fraction of sp³-hybridized carbons (Fsp3) is 0.0909. The minimum Gasteiger partial charge on any atom is -0.475 e. The molecule has 0 unspecified atom stereocenters. The van der Waals surface area contributed by atoms with Gasteiger partial charge in [-0.2, -0.15) is 0 Å². The first-order valence-corrected chi connectivity index (χ1v) is 4.62. The van der Waals surface area contributed by atoms with E-state index in [-0.39, 0.29) is 23.7 Å². The second kappa shape index (κ2) is 3.79. The number of Topliss-reactive ketones (excluding diaryl/α,β-unsaturated/α-hetero) is 1.